The lowest BCUT2D eigenvalue weighted by Gasteiger charge is -2.20. The van der Waals surface area contributed by atoms with E-state index >= 15 is 0 Å². The molecule has 2 heterocycles. The highest BCUT2D eigenvalue weighted by molar-refractivity contribution is 5.45. The molecule has 1 aliphatic rings. The number of hydrogen-bond acceptors (Lipinski definition) is 6. The normalized spacial score (nSPS) is 18.5. The number of hydrogen-bond donors (Lipinski definition) is 1. The van der Waals surface area contributed by atoms with Crippen LogP contribution in [0.25, 0.3) is 0 Å². The van der Waals surface area contributed by atoms with Crippen LogP contribution in [-0.4, -0.2) is 49.3 Å². The zero-order valence-corrected chi connectivity index (χ0v) is 18.9. The maximum absolute atomic E-state index is 12.2. The van der Waals surface area contributed by atoms with Crippen molar-refractivity contribution in [1.29, 1.82) is 0 Å². The molecule has 7 nitrogen and oxygen atoms in total. The Kier molecular flexibility index (Phi) is 6.46. The molecule has 1 saturated heterocycles. The minimum atomic E-state index is -0.121. The van der Waals surface area contributed by atoms with Gasteiger partial charge in [-0.1, -0.05) is 18.2 Å². The monoisotopic (exact) mass is 435 g/mol. The molecule has 1 aliphatic heterocycles. The number of aromatic amines is 1. The predicted molar refractivity (Wildman–Crippen MR) is 123 cm³/mol. The van der Waals surface area contributed by atoms with Crippen molar-refractivity contribution in [2.24, 2.45) is 0 Å². The van der Waals surface area contributed by atoms with Crippen molar-refractivity contribution in [3.05, 3.63) is 81.5 Å². The van der Waals surface area contributed by atoms with Gasteiger partial charge in [-0.15, -0.1) is 0 Å². The third-order valence-corrected chi connectivity index (χ3v) is 6.03. The van der Waals surface area contributed by atoms with Crippen molar-refractivity contribution in [2.75, 3.05) is 34.4 Å². The maximum atomic E-state index is 12.2. The van der Waals surface area contributed by atoms with Gasteiger partial charge in [-0.2, -0.15) is 0 Å². The number of aryl methyl sites for hydroxylation is 1. The molecule has 0 unspecified atom stereocenters. The van der Waals surface area contributed by atoms with Crippen LogP contribution in [0.2, 0.25) is 0 Å². The fourth-order valence-electron chi connectivity index (χ4n) is 4.56. The van der Waals surface area contributed by atoms with Crippen LogP contribution in [0.4, 0.5) is 0 Å². The number of ether oxygens (including phenoxy) is 3. The summed E-state index contributed by atoms with van der Waals surface area (Å²) >= 11 is 0. The number of nitrogens with one attached hydrogen (secondary N) is 1. The fraction of sp³-hybridized carbons (Fsp3) is 0.360. The quantitative estimate of drug-likeness (QED) is 0.612. The SMILES string of the molecule is COc1cccc(CN2C[C@@H](c3ccc(OC)c(OC)c3)[C@H](c3cc(=O)[nH]c(C)n3)C2)c1. The topological polar surface area (TPSA) is 76.7 Å². The van der Waals surface area contributed by atoms with Crippen molar-refractivity contribution in [3.8, 4) is 17.2 Å². The van der Waals surface area contributed by atoms with E-state index in [0.717, 1.165) is 36.6 Å². The van der Waals surface area contributed by atoms with E-state index in [-0.39, 0.29) is 17.4 Å². The minimum absolute atomic E-state index is 0.0831. The van der Waals surface area contributed by atoms with Crippen LogP contribution in [-0.2, 0) is 6.54 Å². The molecular formula is C25H29N3O4. The smallest absolute Gasteiger partial charge is 0.251 e. The number of nitrogens with zero attached hydrogens (tertiary/aromatic N) is 2. The van der Waals surface area contributed by atoms with Crippen LogP contribution in [0, 0.1) is 6.92 Å². The Morgan fingerprint density at radius 3 is 2.47 bits per heavy atom. The Hall–Kier alpha value is -3.32. The van der Waals surface area contributed by atoms with Crippen LogP contribution >= 0.6 is 0 Å². The Morgan fingerprint density at radius 2 is 1.75 bits per heavy atom. The summed E-state index contributed by atoms with van der Waals surface area (Å²) in [6.07, 6.45) is 0. The maximum Gasteiger partial charge on any atom is 0.251 e. The summed E-state index contributed by atoms with van der Waals surface area (Å²) in [7, 11) is 4.96. The largest absolute Gasteiger partial charge is 0.497 e. The van der Waals surface area contributed by atoms with Gasteiger partial charge in [0.05, 0.1) is 27.0 Å². The van der Waals surface area contributed by atoms with E-state index in [4.69, 9.17) is 14.2 Å². The van der Waals surface area contributed by atoms with Gasteiger partial charge >= 0.3 is 0 Å². The Bertz CT molecular complexity index is 1140. The lowest BCUT2D eigenvalue weighted by Crippen LogP contribution is -2.20. The summed E-state index contributed by atoms with van der Waals surface area (Å²) in [5.41, 5.74) is 3.02. The predicted octanol–water partition coefficient (Wildman–Crippen LogP) is 3.49. The number of methoxy groups -OCH3 is 3. The highest BCUT2D eigenvalue weighted by Gasteiger charge is 2.36. The Morgan fingerprint density at radius 1 is 0.969 bits per heavy atom. The molecular weight excluding hydrogens is 406 g/mol. The van der Waals surface area contributed by atoms with Crippen molar-refractivity contribution >= 4 is 0 Å². The van der Waals surface area contributed by atoms with Gasteiger partial charge in [0.25, 0.3) is 5.56 Å². The summed E-state index contributed by atoms with van der Waals surface area (Å²) < 4.78 is 16.3. The Balaban J connectivity index is 1.68. The van der Waals surface area contributed by atoms with Crippen LogP contribution in [0.3, 0.4) is 0 Å². The lowest BCUT2D eigenvalue weighted by atomic mass is 9.86. The molecule has 168 valence electrons. The molecule has 2 atom stereocenters. The molecule has 2 aromatic carbocycles. The number of aromatic nitrogens is 2. The van der Waals surface area contributed by atoms with Gasteiger partial charge in [-0.05, 0) is 42.3 Å². The van der Waals surface area contributed by atoms with Crippen LogP contribution in [0.5, 0.6) is 17.2 Å². The molecule has 4 rings (SSSR count). The van der Waals surface area contributed by atoms with Crippen molar-refractivity contribution < 1.29 is 14.2 Å². The number of rotatable bonds is 7. The molecule has 1 fully saturated rings. The van der Waals surface area contributed by atoms with Crippen molar-refractivity contribution in [1.82, 2.24) is 14.9 Å². The summed E-state index contributed by atoms with van der Waals surface area (Å²) in [5.74, 6) is 3.12. The first-order chi connectivity index (χ1) is 15.5. The number of H-pyrrole nitrogens is 1. The van der Waals surface area contributed by atoms with Gasteiger partial charge in [0, 0.05) is 37.5 Å². The number of benzene rings is 2. The van der Waals surface area contributed by atoms with Crippen molar-refractivity contribution in [2.45, 2.75) is 25.3 Å². The summed E-state index contributed by atoms with van der Waals surface area (Å²) in [4.78, 5) is 22.0. The summed E-state index contributed by atoms with van der Waals surface area (Å²) in [6.45, 7) is 4.25. The fourth-order valence-corrected chi connectivity index (χ4v) is 4.56. The van der Waals surface area contributed by atoms with E-state index in [1.165, 1.54) is 5.56 Å². The van der Waals surface area contributed by atoms with E-state index in [1.807, 2.05) is 31.2 Å². The van der Waals surface area contributed by atoms with Crippen molar-refractivity contribution in [3.63, 3.8) is 0 Å². The molecule has 0 amide bonds. The first-order valence-corrected chi connectivity index (χ1v) is 10.7. The second-order valence-corrected chi connectivity index (χ2v) is 8.13. The third-order valence-electron chi connectivity index (χ3n) is 6.03. The average molecular weight is 436 g/mol. The lowest BCUT2D eigenvalue weighted by molar-refractivity contribution is 0.322. The van der Waals surface area contributed by atoms with E-state index in [1.54, 1.807) is 27.4 Å². The van der Waals surface area contributed by atoms with E-state index in [2.05, 4.69) is 33.1 Å². The van der Waals surface area contributed by atoms with E-state index in [9.17, 15) is 4.79 Å². The second kappa shape index (κ2) is 9.44. The zero-order chi connectivity index (χ0) is 22.7. The molecule has 0 spiro atoms. The first kappa shape index (κ1) is 21.9. The molecule has 1 N–H and O–H groups in total. The molecule has 0 saturated carbocycles. The highest BCUT2D eigenvalue weighted by atomic mass is 16.5. The zero-order valence-electron chi connectivity index (χ0n) is 18.9. The van der Waals surface area contributed by atoms with Crippen LogP contribution in [0.1, 0.15) is 34.5 Å². The average Bonchev–Trinajstić information content (AvgIpc) is 3.21. The second-order valence-electron chi connectivity index (χ2n) is 8.13. The minimum Gasteiger partial charge on any atom is -0.497 e. The molecule has 0 aliphatic carbocycles. The highest BCUT2D eigenvalue weighted by Crippen LogP contribution is 2.42. The summed E-state index contributed by atoms with van der Waals surface area (Å²) in [5, 5.41) is 0. The van der Waals surface area contributed by atoms with E-state index in [0.29, 0.717) is 17.3 Å². The van der Waals surface area contributed by atoms with Gasteiger partial charge < -0.3 is 19.2 Å². The van der Waals surface area contributed by atoms with Crippen LogP contribution < -0.4 is 19.8 Å². The van der Waals surface area contributed by atoms with Crippen LogP contribution in [0.15, 0.2) is 53.3 Å². The van der Waals surface area contributed by atoms with Gasteiger partial charge in [0.15, 0.2) is 11.5 Å². The third kappa shape index (κ3) is 4.62. The molecule has 0 bridgehead atoms. The molecule has 1 aromatic heterocycles. The molecule has 0 radical (unpaired) electrons. The Labute approximate surface area is 188 Å². The van der Waals surface area contributed by atoms with E-state index < -0.39 is 0 Å². The molecule has 3 aromatic rings. The molecule has 7 heteroatoms. The van der Waals surface area contributed by atoms with Gasteiger partial charge in [0.2, 0.25) is 0 Å². The molecule has 32 heavy (non-hydrogen) atoms. The standard InChI is InChI=1S/C25H29N3O4/c1-16-26-22(12-25(29)27-16)21-15-28(13-17-6-5-7-19(10-17)30-2)14-20(21)18-8-9-23(31-3)24(11-18)32-4/h5-12,20-21H,13-15H2,1-4H3,(H,26,27,29)/t20-,21+/m0/s1. The van der Waals surface area contributed by atoms with Gasteiger partial charge in [-0.25, -0.2) is 4.98 Å². The van der Waals surface area contributed by atoms with Gasteiger partial charge in [0.1, 0.15) is 11.6 Å². The van der Waals surface area contributed by atoms with Gasteiger partial charge in [-0.3, -0.25) is 9.69 Å². The number of likely N-dealkylation sites (tertiary alicyclic amines) is 1. The first-order valence-electron chi connectivity index (χ1n) is 10.7. The summed E-state index contributed by atoms with van der Waals surface area (Å²) in [6, 6.07) is 15.8.